The lowest BCUT2D eigenvalue weighted by molar-refractivity contribution is -0.144. The van der Waals surface area contributed by atoms with Gasteiger partial charge in [0.25, 0.3) is 0 Å². The van der Waals surface area contributed by atoms with E-state index in [-0.39, 0.29) is 22.6 Å². The molecule has 1 spiro atoms. The molecule has 41 heavy (non-hydrogen) atoms. The minimum atomic E-state index is -0.747. The maximum atomic E-state index is 15.1. The van der Waals surface area contributed by atoms with E-state index < -0.39 is 11.4 Å². The number of carboxylic acid groups (broad SMARTS) is 1. The summed E-state index contributed by atoms with van der Waals surface area (Å²) in [4.78, 5) is 12.3. The van der Waals surface area contributed by atoms with Gasteiger partial charge >= 0.3 is 5.97 Å². The molecule has 0 amide bonds. The van der Waals surface area contributed by atoms with Crippen molar-refractivity contribution in [3.63, 3.8) is 0 Å². The highest BCUT2D eigenvalue weighted by Gasteiger charge is 2.76. The molecule has 3 unspecified atom stereocenters. The zero-order valence-electron chi connectivity index (χ0n) is 24.6. The molecule has 5 heteroatoms. The number of methoxy groups -OCH3 is 1. The number of aliphatic carboxylic acids is 1. The number of carboxylic acids is 1. The van der Waals surface area contributed by atoms with Gasteiger partial charge in [-0.05, 0) is 120 Å². The highest BCUT2D eigenvalue weighted by molar-refractivity contribution is 5.85. The second kappa shape index (κ2) is 9.75. The Labute approximate surface area is 242 Å². The smallest absolute Gasteiger partial charge is 0.310 e. The average molecular weight is 555 g/mol. The van der Waals surface area contributed by atoms with Gasteiger partial charge in [-0.15, -0.1) is 0 Å². The van der Waals surface area contributed by atoms with Crippen molar-refractivity contribution in [2.24, 2.45) is 16.7 Å². The summed E-state index contributed by atoms with van der Waals surface area (Å²) >= 11 is 0. The Morgan fingerprint density at radius 1 is 0.976 bits per heavy atom. The first kappa shape index (κ1) is 27.6. The number of fused-ring (bicyclic) bond motifs is 2. The van der Waals surface area contributed by atoms with Crippen LogP contribution in [0, 0.1) is 22.6 Å². The highest BCUT2D eigenvalue weighted by atomic mass is 19.1. The SMILES string of the molecule is COc1ccc(F)c(-c2ccc(COc3ccc4c(c3)C3(CCC4)C(C)C3(C)C(=O)O)cc2C2=CCCC2(C)C)c1. The number of benzene rings is 3. The molecule has 0 aliphatic heterocycles. The Morgan fingerprint density at radius 3 is 2.44 bits per heavy atom. The Balaban J connectivity index is 1.33. The first-order valence-electron chi connectivity index (χ1n) is 14.7. The second-order valence-corrected chi connectivity index (χ2v) is 12.9. The fourth-order valence-corrected chi connectivity index (χ4v) is 7.87. The topological polar surface area (TPSA) is 55.8 Å². The summed E-state index contributed by atoms with van der Waals surface area (Å²) in [6.45, 7) is 8.82. The standard InChI is InChI=1S/C36H39FO4/c1-22-35(4,33(38)39)36(22)17-6-8-24-11-12-26(20-31(24)36)41-21-23-10-14-27(29-19-25(40-5)13-15-32(29)37)28(18-23)30-9-7-16-34(30,2)3/h9-15,18-20,22H,6-8,16-17,21H2,1-5H3,(H,38,39). The largest absolute Gasteiger partial charge is 0.497 e. The number of hydrogen-bond donors (Lipinski definition) is 1. The van der Waals surface area contributed by atoms with Crippen LogP contribution in [0.25, 0.3) is 16.7 Å². The van der Waals surface area contributed by atoms with Crippen LogP contribution in [-0.4, -0.2) is 18.2 Å². The van der Waals surface area contributed by atoms with Crippen LogP contribution in [0.3, 0.4) is 0 Å². The van der Waals surface area contributed by atoms with Crippen molar-refractivity contribution in [1.29, 1.82) is 0 Å². The summed E-state index contributed by atoms with van der Waals surface area (Å²) in [6.07, 6.45) is 7.19. The van der Waals surface area contributed by atoms with Gasteiger partial charge < -0.3 is 14.6 Å². The highest BCUT2D eigenvalue weighted by Crippen LogP contribution is 2.73. The van der Waals surface area contributed by atoms with Crippen LogP contribution >= 0.6 is 0 Å². The van der Waals surface area contributed by atoms with E-state index in [1.807, 2.05) is 25.1 Å². The fraction of sp³-hybridized carbons (Fsp3) is 0.417. The van der Waals surface area contributed by atoms with Crippen LogP contribution in [0.1, 0.15) is 75.6 Å². The predicted molar refractivity (Wildman–Crippen MR) is 160 cm³/mol. The second-order valence-electron chi connectivity index (χ2n) is 12.9. The first-order valence-corrected chi connectivity index (χ1v) is 14.7. The van der Waals surface area contributed by atoms with Crippen molar-refractivity contribution in [2.75, 3.05) is 7.11 Å². The molecule has 4 nitrogen and oxygen atoms in total. The summed E-state index contributed by atoms with van der Waals surface area (Å²) in [6, 6.07) is 17.2. The van der Waals surface area contributed by atoms with Crippen molar-refractivity contribution < 1.29 is 23.8 Å². The monoisotopic (exact) mass is 554 g/mol. The van der Waals surface area contributed by atoms with Gasteiger partial charge in [-0.2, -0.15) is 0 Å². The number of hydrogen-bond acceptors (Lipinski definition) is 3. The molecule has 0 heterocycles. The molecule has 3 aromatic rings. The summed E-state index contributed by atoms with van der Waals surface area (Å²) in [7, 11) is 1.59. The predicted octanol–water partition coefficient (Wildman–Crippen LogP) is 8.60. The number of halogens is 1. The Morgan fingerprint density at radius 2 is 1.76 bits per heavy atom. The van der Waals surface area contributed by atoms with Crippen LogP contribution in [0.4, 0.5) is 4.39 Å². The summed E-state index contributed by atoms with van der Waals surface area (Å²) in [5.41, 5.74) is 5.89. The van der Waals surface area contributed by atoms with Crippen molar-refractivity contribution in [2.45, 2.75) is 71.8 Å². The first-order chi connectivity index (χ1) is 19.5. The van der Waals surface area contributed by atoms with E-state index in [2.05, 4.69) is 45.0 Å². The van der Waals surface area contributed by atoms with Gasteiger partial charge in [0, 0.05) is 11.0 Å². The molecule has 6 rings (SSSR count). The molecule has 0 radical (unpaired) electrons. The molecule has 1 fully saturated rings. The maximum Gasteiger partial charge on any atom is 0.310 e. The third-order valence-electron chi connectivity index (χ3n) is 10.6. The molecule has 3 aliphatic carbocycles. The quantitative estimate of drug-likeness (QED) is 0.318. The van der Waals surface area contributed by atoms with Gasteiger partial charge in [-0.25, -0.2) is 4.39 Å². The molecule has 1 N–H and O–H groups in total. The third kappa shape index (κ3) is 4.19. The van der Waals surface area contributed by atoms with Gasteiger partial charge in [0.15, 0.2) is 0 Å². The minimum Gasteiger partial charge on any atom is -0.497 e. The van der Waals surface area contributed by atoms with E-state index in [4.69, 9.17) is 9.47 Å². The number of aryl methyl sites for hydroxylation is 1. The summed E-state index contributed by atoms with van der Waals surface area (Å²) in [5.74, 6) is 0.457. The van der Waals surface area contributed by atoms with E-state index >= 15 is 4.39 Å². The molecule has 1 saturated carbocycles. The van der Waals surface area contributed by atoms with Crippen LogP contribution < -0.4 is 9.47 Å². The Bertz CT molecular complexity index is 1570. The number of allylic oxidation sites excluding steroid dienone is 2. The number of ether oxygens (including phenoxy) is 2. The van der Waals surface area contributed by atoms with Crippen LogP contribution in [0.2, 0.25) is 0 Å². The Kier molecular flexibility index (Phi) is 6.55. The molecule has 0 saturated heterocycles. The van der Waals surface area contributed by atoms with Gasteiger partial charge in [-0.3, -0.25) is 4.79 Å². The lowest BCUT2D eigenvalue weighted by Crippen LogP contribution is -2.27. The van der Waals surface area contributed by atoms with E-state index in [9.17, 15) is 9.90 Å². The summed E-state index contributed by atoms with van der Waals surface area (Å²) < 4.78 is 26.9. The lowest BCUT2D eigenvalue weighted by atomic mass is 9.75. The number of rotatable bonds is 7. The molecule has 3 aromatic carbocycles. The molecular formula is C36H39FO4. The van der Waals surface area contributed by atoms with Crippen molar-refractivity contribution in [3.8, 4) is 22.6 Å². The summed E-state index contributed by atoms with van der Waals surface area (Å²) in [5, 5.41) is 10.1. The zero-order chi connectivity index (χ0) is 29.2. The lowest BCUT2D eigenvalue weighted by Gasteiger charge is -2.29. The molecule has 3 aliphatic rings. The normalized spacial score (nSPS) is 25.9. The van der Waals surface area contributed by atoms with Crippen LogP contribution in [0.15, 0.2) is 60.7 Å². The molecule has 214 valence electrons. The van der Waals surface area contributed by atoms with Crippen molar-refractivity contribution >= 4 is 11.5 Å². The van der Waals surface area contributed by atoms with Gasteiger partial charge in [0.2, 0.25) is 0 Å². The van der Waals surface area contributed by atoms with Crippen molar-refractivity contribution in [1.82, 2.24) is 0 Å². The molecule has 0 bridgehead atoms. The third-order valence-corrected chi connectivity index (χ3v) is 10.6. The van der Waals surface area contributed by atoms with E-state index in [0.717, 1.165) is 60.1 Å². The Hall–Kier alpha value is -3.60. The molecular weight excluding hydrogens is 515 g/mol. The van der Waals surface area contributed by atoms with Gasteiger partial charge in [0.05, 0.1) is 12.5 Å². The maximum absolute atomic E-state index is 15.1. The number of carbonyl (C=O) groups is 1. The van der Waals surface area contributed by atoms with E-state index in [0.29, 0.717) is 17.9 Å². The minimum absolute atomic E-state index is 0.0197. The van der Waals surface area contributed by atoms with Gasteiger partial charge in [-0.1, -0.05) is 45.0 Å². The molecule has 0 aromatic heterocycles. The van der Waals surface area contributed by atoms with Crippen LogP contribution in [0.5, 0.6) is 11.5 Å². The van der Waals surface area contributed by atoms with Crippen LogP contribution in [-0.2, 0) is 23.2 Å². The fourth-order valence-electron chi connectivity index (χ4n) is 7.87. The zero-order valence-corrected chi connectivity index (χ0v) is 24.6. The van der Waals surface area contributed by atoms with Crippen molar-refractivity contribution in [3.05, 3.63) is 88.7 Å². The van der Waals surface area contributed by atoms with E-state index in [1.54, 1.807) is 19.2 Å². The van der Waals surface area contributed by atoms with Gasteiger partial charge in [0.1, 0.15) is 23.9 Å². The average Bonchev–Trinajstić information content (AvgIpc) is 3.22. The van der Waals surface area contributed by atoms with E-state index in [1.165, 1.54) is 17.2 Å². The molecule has 3 atom stereocenters.